The summed E-state index contributed by atoms with van der Waals surface area (Å²) in [6, 6.07) is 14.1. The molecule has 182 valence electrons. The number of nitrogens with one attached hydrogen (secondary N) is 1. The van der Waals surface area contributed by atoms with Gasteiger partial charge >= 0.3 is 0 Å². The Morgan fingerprint density at radius 3 is 2.71 bits per heavy atom. The van der Waals surface area contributed by atoms with Crippen LogP contribution in [-0.4, -0.2) is 54.1 Å². The molecular formula is C25H27FN6O3. The first-order chi connectivity index (χ1) is 16.9. The highest BCUT2D eigenvalue weighted by molar-refractivity contribution is 5.70. The minimum absolute atomic E-state index is 0.184. The summed E-state index contributed by atoms with van der Waals surface area (Å²) in [4.78, 5) is 0. The lowest BCUT2D eigenvalue weighted by atomic mass is 10.1. The molecule has 10 heteroatoms. The number of rotatable bonds is 7. The number of aromatic nitrogens is 5. The third-order valence-corrected chi connectivity index (χ3v) is 6.20. The molecule has 2 aromatic carbocycles. The molecule has 1 aliphatic rings. The number of aliphatic hydroxyl groups is 2. The van der Waals surface area contributed by atoms with Crippen LogP contribution in [0.3, 0.4) is 0 Å². The zero-order valence-corrected chi connectivity index (χ0v) is 19.5. The third kappa shape index (κ3) is 4.68. The van der Waals surface area contributed by atoms with E-state index < -0.39 is 6.10 Å². The van der Waals surface area contributed by atoms with Crippen LogP contribution in [0.25, 0.3) is 11.3 Å². The minimum Gasteiger partial charge on any atom is -0.394 e. The van der Waals surface area contributed by atoms with Crippen LogP contribution in [0.2, 0.25) is 0 Å². The molecule has 0 bridgehead atoms. The Kier molecular flexibility index (Phi) is 6.33. The normalized spacial score (nSPS) is 16.2. The third-order valence-electron chi connectivity index (χ3n) is 6.20. The number of hydrogen-bond acceptors (Lipinski definition) is 7. The summed E-state index contributed by atoms with van der Waals surface area (Å²) in [5.41, 5.74) is 5.32. The van der Waals surface area contributed by atoms with Crippen molar-refractivity contribution >= 4 is 11.6 Å². The summed E-state index contributed by atoms with van der Waals surface area (Å²) in [6.45, 7) is 4.59. The molecular weight excluding hydrogens is 451 g/mol. The Morgan fingerprint density at radius 1 is 1.14 bits per heavy atom. The quantitative estimate of drug-likeness (QED) is 0.374. The molecule has 9 nitrogen and oxygen atoms in total. The maximum absolute atomic E-state index is 13.5. The van der Waals surface area contributed by atoms with Gasteiger partial charge < -0.3 is 20.3 Å². The Labute approximate surface area is 201 Å². The number of aliphatic hydroxyl groups excluding tert-OH is 2. The van der Waals surface area contributed by atoms with Crippen LogP contribution in [0.5, 0.6) is 0 Å². The number of aryl methyl sites for hydroxylation is 2. The van der Waals surface area contributed by atoms with Crippen LogP contribution < -0.4 is 5.32 Å². The standard InChI is InChI=1S/C25H27FN6O3/c1-15-3-4-18(22-9-16(2)31(30-22)11-20(34)12-33)10-21(15)27-25-29-28-24-14-35-13-23(32(24)25)17-5-7-19(26)8-6-17/h3-10,20,23,33-34H,11-14H2,1-2H3,(H,27,29)/t20-,23+/m1/s1. The number of fused-ring (bicyclic) bond motifs is 1. The average molecular weight is 479 g/mol. The van der Waals surface area contributed by atoms with E-state index in [4.69, 9.17) is 9.84 Å². The number of anilines is 2. The molecule has 0 amide bonds. The molecule has 0 spiro atoms. The fourth-order valence-corrected chi connectivity index (χ4v) is 4.23. The van der Waals surface area contributed by atoms with Crippen molar-refractivity contribution in [2.45, 2.75) is 39.1 Å². The molecule has 5 rings (SSSR count). The van der Waals surface area contributed by atoms with Gasteiger partial charge in [-0.1, -0.05) is 24.3 Å². The SMILES string of the molecule is Cc1ccc(-c2cc(C)n(C[C@@H](O)CO)n2)cc1Nc1nnc2n1[C@H](c1ccc(F)cc1)COC2. The number of hydrogen-bond donors (Lipinski definition) is 3. The number of ether oxygens (including phenoxy) is 1. The van der Waals surface area contributed by atoms with E-state index in [1.165, 1.54) is 12.1 Å². The van der Waals surface area contributed by atoms with Crippen LogP contribution in [0.15, 0.2) is 48.5 Å². The fraction of sp³-hybridized carbons (Fsp3) is 0.320. The zero-order chi connectivity index (χ0) is 24.5. The van der Waals surface area contributed by atoms with Crippen LogP contribution >= 0.6 is 0 Å². The molecule has 2 aromatic heterocycles. The molecule has 0 radical (unpaired) electrons. The van der Waals surface area contributed by atoms with Crippen molar-refractivity contribution in [1.29, 1.82) is 0 Å². The highest BCUT2D eigenvalue weighted by Crippen LogP contribution is 2.32. The van der Waals surface area contributed by atoms with Crippen LogP contribution in [0.1, 0.15) is 28.7 Å². The van der Waals surface area contributed by atoms with Gasteiger partial charge in [0.1, 0.15) is 12.4 Å². The second-order valence-electron chi connectivity index (χ2n) is 8.74. The summed E-state index contributed by atoms with van der Waals surface area (Å²) in [6.07, 6.45) is -0.867. The molecule has 1 aliphatic heterocycles. The number of nitrogens with zero attached hydrogens (tertiary/aromatic N) is 5. The highest BCUT2D eigenvalue weighted by atomic mass is 19.1. The van der Waals surface area contributed by atoms with Gasteiger partial charge in [0.05, 0.1) is 37.6 Å². The molecule has 0 saturated carbocycles. The molecule has 0 aliphatic carbocycles. The van der Waals surface area contributed by atoms with Gasteiger partial charge in [0, 0.05) is 16.9 Å². The summed E-state index contributed by atoms with van der Waals surface area (Å²) in [5.74, 6) is 0.980. The number of benzene rings is 2. The number of halogens is 1. The van der Waals surface area contributed by atoms with Crippen molar-refractivity contribution in [3.63, 3.8) is 0 Å². The van der Waals surface area contributed by atoms with E-state index in [-0.39, 0.29) is 25.0 Å². The van der Waals surface area contributed by atoms with E-state index in [2.05, 4.69) is 20.6 Å². The van der Waals surface area contributed by atoms with E-state index in [0.717, 1.165) is 33.8 Å². The van der Waals surface area contributed by atoms with Crippen molar-refractivity contribution in [3.8, 4) is 11.3 Å². The molecule has 0 unspecified atom stereocenters. The molecule has 35 heavy (non-hydrogen) atoms. The van der Waals surface area contributed by atoms with Gasteiger partial charge in [-0.15, -0.1) is 10.2 Å². The van der Waals surface area contributed by atoms with Gasteiger partial charge in [0.25, 0.3) is 0 Å². The van der Waals surface area contributed by atoms with Gasteiger partial charge in [0.15, 0.2) is 5.82 Å². The second-order valence-corrected chi connectivity index (χ2v) is 8.74. The van der Waals surface area contributed by atoms with Crippen LogP contribution in [0.4, 0.5) is 16.0 Å². The molecule has 0 fully saturated rings. The lowest BCUT2D eigenvalue weighted by Gasteiger charge is -2.27. The van der Waals surface area contributed by atoms with E-state index in [0.29, 0.717) is 25.0 Å². The second kappa shape index (κ2) is 9.57. The predicted octanol–water partition coefficient (Wildman–Crippen LogP) is 3.11. The largest absolute Gasteiger partial charge is 0.394 e. The Hall–Kier alpha value is -3.60. The van der Waals surface area contributed by atoms with Crippen molar-refractivity contribution in [1.82, 2.24) is 24.5 Å². The van der Waals surface area contributed by atoms with E-state index in [9.17, 15) is 9.50 Å². The smallest absolute Gasteiger partial charge is 0.229 e. The molecule has 0 saturated heterocycles. The lowest BCUT2D eigenvalue weighted by Crippen LogP contribution is -2.25. The molecule has 3 N–H and O–H groups in total. The van der Waals surface area contributed by atoms with Gasteiger partial charge in [-0.3, -0.25) is 9.25 Å². The van der Waals surface area contributed by atoms with Gasteiger partial charge in [0.2, 0.25) is 5.95 Å². The monoisotopic (exact) mass is 478 g/mol. The van der Waals surface area contributed by atoms with Gasteiger partial charge in [-0.2, -0.15) is 5.10 Å². The van der Waals surface area contributed by atoms with E-state index in [1.807, 2.05) is 42.7 Å². The van der Waals surface area contributed by atoms with Crippen LogP contribution in [-0.2, 0) is 17.9 Å². The summed E-state index contributed by atoms with van der Waals surface area (Å²) < 4.78 is 22.9. The van der Waals surface area contributed by atoms with E-state index >= 15 is 0 Å². The highest BCUT2D eigenvalue weighted by Gasteiger charge is 2.27. The zero-order valence-electron chi connectivity index (χ0n) is 19.5. The van der Waals surface area contributed by atoms with Crippen molar-refractivity contribution in [2.24, 2.45) is 0 Å². The average Bonchev–Trinajstić information content (AvgIpc) is 3.44. The minimum atomic E-state index is -0.867. The van der Waals surface area contributed by atoms with Gasteiger partial charge in [-0.25, -0.2) is 4.39 Å². The van der Waals surface area contributed by atoms with E-state index in [1.54, 1.807) is 16.8 Å². The molecule has 4 aromatic rings. The van der Waals surface area contributed by atoms with Crippen LogP contribution in [0, 0.1) is 19.7 Å². The Bertz CT molecular complexity index is 1330. The maximum Gasteiger partial charge on any atom is 0.229 e. The molecule has 2 atom stereocenters. The Balaban J connectivity index is 1.45. The summed E-state index contributed by atoms with van der Waals surface area (Å²) in [5, 5.41) is 35.6. The predicted molar refractivity (Wildman–Crippen MR) is 128 cm³/mol. The first-order valence-corrected chi connectivity index (χ1v) is 11.4. The summed E-state index contributed by atoms with van der Waals surface area (Å²) >= 11 is 0. The molecule has 3 heterocycles. The summed E-state index contributed by atoms with van der Waals surface area (Å²) in [7, 11) is 0. The topological polar surface area (TPSA) is 110 Å². The van der Waals surface area contributed by atoms with Crippen molar-refractivity contribution < 1.29 is 19.3 Å². The van der Waals surface area contributed by atoms with Gasteiger partial charge in [-0.05, 0) is 49.2 Å². The van der Waals surface area contributed by atoms with Crippen molar-refractivity contribution in [2.75, 3.05) is 18.5 Å². The van der Waals surface area contributed by atoms with Crippen molar-refractivity contribution in [3.05, 3.63) is 77.0 Å². The first-order valence-electron chi connectivity index (χ1n) is 11.4. The lowest BCUT2D eigenvalue weighted by molar-refractivity contribution is 0.0670. The Morgan fingerprint density at radius 2 is 1.94 bits per heavy atom. The fourth-order valence-electron chi connectivity index (χ4n) is 4.23. The first kappa shape index (κ1) is 23.2. The maximum atomic E-state index is 13.5.